The Morgan fingerprint density at radius 3 is 2.95 bits per heavy atom. The highest BCUT2D eigenvalue weighted by atomic mass is 16.5. The van der Waals surface area contributed by atoms with E-state index in [0.717, 1.165) is 11.3 Å². The fourth-order valence-corrected chi connectivity index (χ4v) is 2.28. The molecule has 4 heteroatoms. The monoisotopic (exact) mass is 277 g/mol. The Bertz CT molecular complexity index is 496. The molecule has 20 heavy (non-hydrogen) atoms. The number of fused-ring (bicyclic) bond motifs is 1. The molecule has 0 unspecified atom stereocenters. The van der Waals surface area contributed by atoms with E-state index in [1.54, 1.807) is 7.11 Å². The van der Waals surface area contributed by atoms with Gasteiger partial charge in [0.15, 0.2) is 0 Å². The quantitative estimate of drug-likeness (QED) is 0.900. The number of amides is 1. The van der Waals surface area contributed by atoms with Crippen molar-refractivity contribution < 1.29 is 14.3 Å². The van der Waals surface area contributed by atoms with Gasteiger partial charge in [-0.1, -0.05) is 31.5 Å². The predicted octanol–water partition coefficient (Wildman–Crippen LogP) is 2.61. The van der Waals surface area contributed by atoms with Gasteiger partial charge in [0, 0.05) is 24.7 Å². The summed E-state index contributed by atoms with van der Waals surface area (Å²) in [4.78, 5) is 12.4. The van der Waals surface area contributed by atoms with Crippen LogP contribution in [0.2, 0.25) is 0 Å². The number of hydrogen-bond acceptors (Lipinski definition) is 3. The minimum Gasteiger partial charge on any atom is -0.491 e. The third kappa shape index (κ3) is 3.12. The summed E-state index contributed by atoms with van der Waals surface area (Å²) in [7, 11) is 1.65. The average molecular weight is 277 g/mol. The number of hydrogen-bond donors (Lipinski definition) is 1. The smallest absolute Gasteiger partial charge is 0.226 e. The van der Waals surface area contributed by atoms with E-state index in [0.29, 0.717) is 19.6 Å². The number of rotatable bonds is 5. The molecule has 110 valence electrons. The molecule has 0 fully saturated rings. The first-order valence-electron chi connectivity index (χ1n) is 6.97. The zero-order valence-electron chi connectivity index (χ0n) is 12.7. The van der Waals surface area contributed by atoms with Crippen molar-refractivity contribution in [2.45, 2.75) is 33.2 Å². The van der Waals surface area contributed by atoms with Gasteiger partial charge >= 0.3 is 0 Å². The van der Waals surface area contributed by atoms with Crippen LogP contribution >= 0.6 is 0 Å². The maximum absolute atomic E-state index is 12.4. The Labute approximate surface area is 120 Å². The first-order valence-corrected chi connectivity index (χ1v) is 6.97. The van der Waals surface area contributed by atoms with Crippen molar-refractivity contribution in [1.82, 2.24) is 5.32 Å². The molecule has 0 radical (unpaired) electrons. The number of aryl methyl sites for hydroxylation is 1. The summed E-state index contributed by atoms with van der Waals surface area (Å²) in [5.74, 6) is 0.910. The standard InChI is InChI=1S/C16H23NO3/c1-11-5-6-14-12(9-11)13(10-20-14)17-15(18)16(2,3)7-8-19-4/h5-6,9,13H,7-8,10H2,1-4H3,(H,17,18)/t13-/m0/s1. The molecule has 1 aliphatic rings. The van der Waals surface area contributed by atoms with E-state index in [2.05, 4.69) is 11.4 Å². The second-order valence-corrected chi connectivity index (χ2v) is 6.01. The van der Waals surface area contributed by atoms with Gasteiger partial charge in [0.2, 0.25) is 5.91 Å². The highest BCUT2D eigenvalue weighted by Gasteiger charge is 2.32. The van der Waals surface area contributed by atoms with Gasteiger partial charge in [-0.05, 0) is 19.4 Å². The fourth-order valence-electron chi connectivity index (χ4n) is 2.28. The van der Waals surface area contributed by atoms with Crippen molar-refractivity contribution in [2.75, 3.05) is 20.3 Å². The summed E-state index contributed by atoms with van der Waals surface area (Å²) < 4.78 is 10.7. The van der Waals surface area contributed by atoms with Crippen LogP contribution in [-0.4, -0.2) is 26.2 Å². The molecule has 4 nitrogen and oxygen atoms in total. The largest absolute Gasteiger partial charge is 0.491 e. The van der Waals surface area contributed by atoms with Gasteiger partial charge in [0.1, 0.15) is 12.4 Å². The normalized spacial score (nSPS) is 17.5. The van der Waals surface area contributed by atoms with E-state index in [9.17, 15) is 4.79 Å². The zero-order chi connectivity index (χ0) is 14.8. The molecule has 1 atom stereocenters. The lowest BCUT2D eigenvalue weighted by atomic mass is 9.88. The van der Waals surface area contributed by atoms with Crippen LogP contribution in [0.25, 0.3) is 0 Å². The van der Waals surface area contributed by atoms with Crippen LogP contribution < -0.4 is 10.1 Å². The van der Waals surface area contributed by atoms with E-state index >= 15 is 0 Å². The van der Waals surface area contributed by atoms with Gasteiger partial charge in [-0.3, -0.25) is 4.79 Å². The molecule has 0 aliphatic carbocycles. The van der Waals surface area contributed by atoms with E-state index in [1.165, 1.54) is 5.56 Å². The van der Waals surface area contributed by atoms with Crippen molar-refractivity contribution in [1.29, 1.82) is 0 Å². The highest BCUT2D eigenvalue weighted by molar-refractivity contribution is 5.82. The molecule has 0 spiro atoms. The van der Waals surface area contributed by atoms with Crippen LogP contribution in [0.4, 0.5) is 0 Å². The Hall–Kier alpha value is -1.55. The van der Waals surface area contributed by atoms with Crippen LogP contribution in [0.3, 0.4) is 0 Å². The van der Waals surface area contributed by atoms with Crippen molar-refractivity contribution >= 4 is 5.91 Å². The summed E-state index contributed by atoms with van der Waals surface area (Å²) in [6, 6.07) is 6.01. The lowest BCUT2D eigenvalue weighted by Crippen LogP contribution is -2.40. The molecule has 0 aromatic heterocycles. The Morgan fingerprint density at radius 2 is 2.25 bits per heavy atom. The SMILES string of the molecule is COCCC(C)(C)C(=O)N[C@H]1COc2ccc(C)cc21. The summed E-state index contributed by atoms with van der Waals surface area (Å²) >= 11 is 0. The second kappa shape index (κ2) is 5.83. The van der Waals surface area contributed by atoms with Crippen LogP contribution in [0.1, 0.15) is 37.4 Å². The zero-order valence-corrected chi connectivity index (χ0v) is 12.7. The van der Waals surface area contributed by atoms with E-state index in [4.69, 9.17) is 9.47 Å². The Kier molecular flexibility index (Phi) is 4.33. The third-order valence-corrected chi connectivity index (χ3v) is 3.80. The lowest BCUT2D eigenvalue weighted by Gasteiger charge is -2.25. The van der Waals surface area contributed by atoms with Gasteiger partial charge in [0.25, 0.3) is 0 Å². The topological polar surface area (TPSA) is 47.6 Å². The fraction of sp³-hybridized carbons (Fsp3) is 0.562. The first-order chi connectivity index (χ1) is 9.44. The van der Waals surface area contributed by atoms with Gasteiger partial charge in [-0.2, -0.15) is 0 Å². The summed E-state index contributed by atoms with van der Waals surface area (Å²) in [5.41, 5.74) is 1.80. The molecule has 1 heterocycles. The van der Waals surface area contributed by atoms with Crippen molar-refractivity contribution in [3.63, 3.8) is 0 Å². The highest BCUT2D eigenvalue weighted by Crippen LogP contribution is 2.34. The molecule has 0 saturated heterocycles. The summed E-state index contributed by atoms with van der Waals surface area (Å²) in [5, 5.41) is 3.09. The van der Waals surface area contributed by atoms with Crippen molar-refractivity contribution in [3.05, 3.63) is 29.3 Å². The maximum Gasteiger partial charge on any atom is 0.226 e. The lowest BCUT2D eigenvalue weighted by molar-refractivity contribution is -0.131. The van der Waals surface area contributed by atoms with E-state index in [-0.39, 0.29) is 11.9 Å². The predicted molar refractivity (Wildman–Crippen MR) is 77.8 cm³/mol. The molecule has 1 N–H and O–H groups in total. The van der Waals surface area contributed by atoms with Gasteiger partial charge in [-0.15, -0.1) is 0 Å². The molecule has 1 aromatic rings. The van der Waals surface area contributed by atoms with Crippen LogP contribution in [0, 0.1) is 12.3 Å². The minimum absolute atomic E-state index is 0.0394. The number of nitrogens with one attached hydrogen (secondary N) is 1. The molecule has 1 aliphatic heterocycles. The molecule has 1 amide bonds. The molecule has 2 rings (SSSR count). The Balaban J connectivity index is 2.05. The van der Waals surface area contributed by atoms with Gasteiger partial charge in [-0.25, -0.2) is 0 Å². The van der Waals surface area contributed by atoms with Crippen LogP contribution in [0.15, 0.2) is 18.2 Å². The van der Waals surface area contributed by atoms with E-state index < -0.39 is 5.41 Å². The minimum atomic E-state index is -0.442. The maximum atomic E-state index is 12.4. The van der Waals surface area contributed by atoms with Gasteiger partial charge in [0.05, 0.1) is 6.04 Å². The van der Waals surface area contributed by atoms with Crippen LogP contribution in [0.5, 0.6) is 5.75 Å². The molecular weight excluding hydrogens is 254 g/mol. The molecule has 0 saturated carbocycles. The van der Waals surface area contributed by atoms with Crippen molar-refractivity contribution in [2.24, 2.45) is 5.41 Å². The number of ether oxygens (including phenoxy) is 2. The second-order valence-electron chi connectivity index (χ2n) is 6.01. The van der Waals surface area contributed by atoms with E-state index in [1.807, 2.05) is 32.9 Å². The number of benzene rings is 1. The summed E-state index contributed by atoms with van der Waals surface area (Å²) in [6.07, 6.45) is 0.698. The Morgan fingerprint density at radius 1 is 1.50 bits per heavy atom. The summed E-state index contributed by atoms with van der Waals surface area (Å²) in [6.45, 7) is 7.00. The third-order valence-electron chi connectivity index (χ3n) is 3.80. The number of methoxy groups -OCH3 is 1. The molecular formula is C16H23NO3. The molecule has 1 aromatic carbocycles. The average Bonchev–Trinajstić information content (AvgIpc) is 2.79. The number of carbonyl (C=O) groups excluding carboxylic acids is 1. The number of carbonyl (C=O) groups is 1. The van der Waals surface area contributed by atoms with Gasteiger partial charge < -0.3 is 14.8 Å². The molecule has 0 bridgehead atoms. The van der Waals surface area contributed by atoms with Crippen LogP contribution in [-0.2, 0) is 9.53 Å². The first kappa shape index (κ1) is 14.9. The van der Waals surface area contributed by atoms with Crippen molar-refractivity contribution in [3.8, 4) is 5.75 Å².